The molecule has 0 fully saturated rings. The number of unbranched alkanes of at least 4 members (excludes halogenated alkanes) is 20. The minimum absolute atomic E-state index is 0.0248. The second kappa shape index (κ2) is 49.8. The molecule has 0 aliphatic rings. The molecule has 0 saturated carbocycles. The fourth-order valence-corrected chi connectivity index (χ4v) is 7.38. The van der Waals surface area contributed by atoms with E-state index >= 15 is 0 Å². The molecule has 0 spiro atoms. The number of aliphatic hydroxyl groups excluding tert-OH is 2. The highest BCUT2D eigenvalue weighted by molar-refractivity contribution is 5.77. The van der Waals surface area contributed by atoms with Crippen LogP contribution in [-0.2, 0) is 14.3 Å². The largest absolute Gasteiger partial charge is 0.462 e. The van der Waals surface area contributed by atoms with Crippen LogP contribution in [0.25, 0.3) is 0 Å². The Morgan fingerprint density at radius 3 is 1.51 bits per heavy atom. The van der Waals surface area contributed by atoms with Crippen LogP contribution >= 0.6 is 0 Å². The summed E-state index contributed by atoms with van der Waals surface area (Å²) in [6, 6.07) is -0.730. The van der Waals surface area contributed by atoms with E-state index in [4.69, 9.17) is 4.74 Å². The van der Waals surface area contributed by atoms with Crippen molar-refractivity contribution in [3.8, 4) is 0 Å². The molecule has 360 valence electrons. The molecule has 0 aliphatic heterocycles. The molecule has 3 unspecified atom stereocenters. The monoisotopic (exact) mass is 876 g/mol. The number of rotatable bonds is 45. The van der Waals surface area contributed by atoms with Crippen molar-refractivity contribution in [1.82, 2.24) is 5.32 Å². The summed E-state index contributed by atoms with van der Waals surface area (Å²) in [5, 5.41) is 23.8. The highest BCUT2D eigenvalue weighted by Gasteiger charge is 2.24. The van der Waals surface area contributed by atoms with Crippen LogP contribution in [0.4, 0.5) is 0 Å². The maximum Gasteiger partial charge on any atom is 0.306 e. The number of aliphatic hydroxyl groups is 2. The van der Waals surface area contributed by atoms with Crippen molar-refractivity contribution in [1.29, 1.82) is 0 Å². The van der Waals surface area contributed by atoms with Gasteiger partial charge in [0.2, 0.25) is 5.91 Å². The van der Waals surface area contributed by atoms with E-state index in [1.54, 1.807) is 0 Å². The topological polar surface area (TPSA) is 95.9 Å². The number of carbonyl (C=O) groups excluding carboxylic acids is 2. The van der Waals surface area contributed by atoms with E-state index in [0.717, 1.165) is 103 Å². The van der Waals surface area contributed by atoms with Crippen LogP contribution in [0.5, 0.6) is 0 Å². The van der Waals surface area contributed by atoms with Gasteiger partial charge in [-0.05, 0) is 77.0 Å². The standard InChI is InChI=1S/C57H97NO5/c1-4-7-10-13-16-19-22-25-28-31-34-37-40-43-46-49-55(60)54(52-59)58-56(61)51-53(48-45-42-39-36-33-30-27-24-21-18-15-12-9-6-3)63-57(62)50-47-44-41-38-35-32-29-26-23-20-17-14-11-8-5-2/h8-9,11-12,14,17-18,20-21,23,26-27,29-30,36,39,53-55,59-60H,4-7,10,13,15-16,19,22,24-25,28,31-35,37-38,40-52H2,1-3H3,(H,58,61)/b11-8+,12-9+,17-14+,21-18+,23-20+,29-26-,30-27+,39-36+. The Bertz CT molecular complexity index is 1260. The number of ether oxygens (including phenoxy) is 1. The third-order valence-corrected chi connectivity index (χ3v) is 11.3. The minimum Gasteiger partial charge on any atom is -0.462 e. The van der Waals surface area contributed by atoms with Crippen LogP contribution < -0.4 is 5.32 Å². The second-order valence-electron chi connectivity index (χ2n) is 17.3. The molecular weight excluding hydrogens is 779 g/mol. The first-order valence-corrected chi connectivity index (χ1v) is 26.0. The van der Waals surface area contributed by atoms with Gasteiger partial charge in [0.05, 0.1) is 25.2 Å². The highest BCUT2D eigenvalue weighted by Crippen LogP contribution is 2.17. The molecule has 0 aromatic carbocycles. The zero-order valence-corrected chi connectivity index (χ0v) is 40.9. The predicted octanol–water partition coefficient (Wildman–Crippen LogP) is 15.7. The Morgan fingerprint density at radius 2 is 0.952 bits per heavy atom. The molecule has 0 aromatic heterocycles. The van der Waals surface area contributed by atoms with Crippen LogP contribution in [0.2, 0.25) is 0 Å². The average molecular weight is 876 g/mol. The van der Waals surface area contributed by atoms with E-state index in [9.17, 15) is 19.8 Å². The molecule has 1 amide bonds. The van der Waals surface area contributed by atoms with Gasteiger partial charge in [0.25, 0.3) is 0 Å². The summed E-state index contributed by atoms with van der Waals surface area (Å²) in [6.07, 6.45) is 66.1. The number of hydrogen-bond donors (Lipinski definition) is 3. The van der Waals surface area contributed by atoms with Gasteiger partial charge in [-0.3, -0.25) is 9.59 Å². The van der Waals surface area contributed by atoms with E-state index in [1.807, 2.05) is 18.2 Å². The number of amides is 1. The minimum atomic E-state index is -0.812. The lowest BCUT2D eigenvalue weighted by atomic mass is 10.0. The number of nitrogens with one attached hydrogen (secondary N) is 1. The molecule has 0 rings (SSSR count). The van der Waals surface area contributed by atoms with E-state index in [1.165, 1.54) is 77.0 Å². The van der Waals surface area contributed by atoms with E-state index in [0.29, 0.717) is 19.3 Å². The van der Waals surface area contributed by atoms with E-state index in [-0.39, 0.29) is 24.9 Å². The lowest BCUT2D eigenvalue weighted by molar-refractivity contribution is -0.151. The molecule has 3 atom stereocenters. The van der Waals surface area contributed by atoms with Gasteiger partial charge < -0.3 is 20.3 Å². The van der Waals surface area contributed by atoms with Gasteiger partial charge in [-0.25, -0.2) is 0 Å². The van der Waals surface area contributed by atoms with E-state index in [2.05, 4.69) is 105 Å². The summed E-state index contributed by atoms with van der Waals surface area (Å²) < 4.78 is 5.90. The summed E-state index contributed by atoms with van der Waals surface area (Å²) >= 11 is 0. The summed E-state index contributed by atoms with van der Waals surface area (Å²) in [4.78, 5) is 26.1. The van der Waals surface area contributed by atoms with Crippen LogP contribution in [0.3, 0.4) is 0 Å². The first-order valence-electron chi connectivity index (χ1n) is 26.0. The normalized spacial score (nSPS) is 14.0. The Morgan fingerprint density at radius 1 is 0.492 bits per heavy atom. The lowest BCUT2D eigenvalue weighted by Crippen LogP contribution is -2.46. The van der Waals surface area contributed by atoms with Gasteiger partial charge in [0.1, 0.15) is 6.10 Å². The molecule has 0 heterocycles. The number of carbonyl (C=O) groups is 2. The van der Waals surface area contributed by atoms with Gasteiger partial charge >= 0.3 is 5.97 Å². The Labute approximate surface area is 388 Å². The summed E-state index contributed by atoms with van der Waals surface area (Å²) in [6.45, 7) is 6.21. The van der Waals surface area contributed by atoms with Crippen molar-refractivity contribution >= 4 is 11.9 Å². The number of esters is 1. The van der Waals surface area contributed by atoms with Crippen molar-refractivity contribution in [2.75, 3.05) is 6.61 Å². The maximum atomic E-state index is 13.2. The predicted molar refractivity (Wildman–Crippen MR) is 273 cm³/mol. The van der Waals surface area contributed by atoms with Crippen molar-refractivity contribution < 1.29 is 24.5 Å². The molecule has 3 N–H and O–H groups in total. The molecule has 0 saturated heterocycles. The highest BCUT2D eigenvalue weighted by atomic mass is 16.5. The quantitative estimate of drug-likeness (QED) is 0.0245. The van der Waals surface area contributed by atoms with Crippen molar-refractivity contribution in [3.63, 3.8) is 0 Å². The molecular formula is C57H97NO5. The molecule has 0 aliphatic carbocycles. The van der Waals surface area contributed by atoms with Gasteiger partial charge in [0.15, 0.2) is 0 Å². The zero-order chi connectivity index (χ0) is 45.9. The smallest absolute Gasteiger partial charge is 0.306 e. The summed E-state index contributed by atoms with van der Waals surface area (Å²) in [5.74, 6) is -0.562. The van der Waals surface area contributed by atoms with Gasteiger partial charge in [0, 0.05) is 6.42 Å². The van der Waals surface area contributed by atoms with Gasteiger partial charge in [-0.1, -0.05) is 234 Å². The Hall–Kier alpha value is -3.22. The van der Waals surface area contributed by atoms with Gasteiger partial charge in [-0.2, -0.15) is 0 Å². The number of hydrogen-bond acceptors (Lipinski definition) is 5. The third kappa shape index (κ3) is 45.2. The van der Waals surface area contributed by atoms with Crippen molar-refractivity contribution in [3.05, 3.63) is 97.2 Å². The van der Waals surface area contributed by atoms with Crippen LogP contribution in [0.1, 0.15) is 226 Å². The third-order valence-electron chi connectivity index (χ3n) is 11.3. The van der Waals surface area contributed by atoms with Crippen LogP contribution in [0.15, 0.2) is 97.2 Å². The fraction of sp³-hybridized carbons (Fsp3) is 0.684. The number of allylic oxidation sites excluding steroid dienone is 16. The molecule has 0 bridgehead atoms. The Balaban J connectivity index is 4.69. The molecule has 63 heavy (non-hydrogen) atoms. The van der Waals surface area contributed by atoms with Crippen molar-refractivity contribution in [2.24, 2.45) is 0 Å². The van der Waals surface area contributed by atoms with Crippen molar-refractivity contribution in [2.45, 2.75) is 244 Å². The van der Waals surface area contributed by atoms with E-state index < -0.39 is 18.2 Å². The first-order chi connectivity index (χ1) is 31.0. The molecule has 0 aromatic rings. The zero-order valence-electron chi connectivity index (χ0n) is 40.9. The Kier molecular flexibility index (Phi) is 47.2. The molecule has 6 nitrogen and oxygen atoms in total. The molecule has 0 radical (unpaired) electrons. The SMILES string of the molecule is CC/C=C/C=C/C=C/C=C\CCCCCCCC(=O)OC(CCC/C=C/C/C=C/C/C=C/C/C=C/CC)CC(=O)NC(CO)C(O)CCCCCCCCCCCCCCCCC. The maximum absolute atomic E-state index is 13.2. The van der Waals surface area contributed by atoms with Crippen LogP contribution in [-0.4, -0.2) is 46.9 Å². The first kappa shape index (κ1) is 59.8. The van der Waals surface area contributed by atoms with Gasteiger partial charge in [-0.15, -0.1) is 0 Å². The lowest BCUT2D eigenvalue weighted by Gasteiger charge is -2.24. The summed E-state index contributed by atoms with van der Waals surface area (Å²) in [7, 11) is 0. The fourth-order valence-electron chi connectivity index (χ4n) is 7.38. The average Bonchev–Trinajstić information content (AvgIpc) is 3.28. The summed E-state index contributed by atoms with van der Waals surface area (Å²) in [5.41, 5.74) is 0. The molecule has 6 heteroatoms. The van der Waals surface area contributed by atoms with Crippen LogP contribution in [0, 0.1) is 0 Å². The second-order valence-corrected chi connectivity index (χ2v) is 17.3.